The third kappa shape index (κ3) is 4.59. The molecule has 0 aromatic heterocycles. The van der Waals surface area contributed by atoms with Gasteiger partial charge in [-0.25, -0.2) is 0 Å². The van der Waals surface area contributed by atoms with Crippen LogP contribution in [-0.2, 0) is 6.42 Å². The summed E-state index contributed by atoms with van der Waals surface area (Å²) < 4.78 is 0. The van der Waals surface area contributed by atoms with E-state index in [4.69, 9.17) is 11.5 Å². The van der Waals surface area contributed by atoms with Crippen molar-refractivity contribution in [2.24, 2.45) is 11.5 Å². The molecule has 4 N–H and O–H groups in total. The first-order valence-corrected chi connectivity index (χ1v) is 9.64. The average molecular weight is 335 g/mol. The summed E-state index contributed by atoms with van der Waals surface area (Å²) in [5.74, 6) is 0. The molecule has 1 atom stereocenters. The normalized spacial score (nSPS) is 12.7. The van der Waals surface area contributed by atoms with Gasteiger partial charge in [0.15, 0.2) is 0 Å². The van der Waals surface area contributed by atoms with E-state index in [-0.39, 0.29) is 6.04 Å². The van der Waals surface area contributed by atoms with Crippen molar-refractivity contribution in [1.29, 1.82) is 0 Å². The third-order valence-corrected chi connectivity index (χ3v) is 5.13. The molecule has 0 aliphatic carbocycles. The van der Waals surface area contributed by atoms with Crippen LogP contribution in [0.5, 0.6) is 0 Å². The van der Waals surface area contributed by atoms with Crippen LogP contribution < -0.4 is 11.5 Å². The highest BCUT2D eigenvalue weighted by Crippen LogP contribution is 2.29. The van der Waals surface area contributed by atoms with Crippen molar-refractivity contribution in [3.8, 4) is 0 Å². The highest BCUT2D eigenvalue weighted by molar-refractivity contribution is 6.02. The first-order chi connectivity index (χ1) is 12.3. The first kappa shape index (κ1) is 17.9. The summed E-state index contributed by atoms with van der Waals surface area (Å²) in [6.07, 6.45) is 8.21. The lowest BCUT2D eigenvalue weighted by molar-refractivity contribution is 0.537. The van der Waals surface area contributed by atoms with Gasteiger partial charge in [0, 0.05) is 6.04 Å². The highest BCUT2D eigenvalue weighted by atomic mass is 14.6. The summed E-state index contributed by atoms with van der Waals surface area (Å²) in [5.41, 5.74) is 13.5. The molecule has 25 heavy (non-hydrogen) atoms. The SMILES string of the molecule is NCCCCCCCC(N)Cc1c2ccccc2cc2ccccc12. The molecule has 0 radical (unpaired) electrons. The van der Waals surface area contributed by atoms with Crippen LogP contribution in [0.1, 0.15) is 44.1 Å². The maximum atomic E-state index is 6.51. The van der Waals surface area contributed by atoms with Crippen LogP contribution in [0.15, 0.2) is 54.6 Å². The Labute approximate surface area is 151 Å². The molecule has 0 aliphatic rings. The minimum absolute atomic E-state index is 0.226. The molecule has 3 aromatic carbocycles. The minimum atomic E-state index is 0.226. The molecule has 0 spiro atoms. The van der Waals surface area contributed by atoms with Gasteiger partial charge in [0.2, 0.25) is 0 Å². The molecule has 2 heteroatoms. The maximum Gasteiger partial charge on any atom is 0.00797 e. The first-order valence-electron chi connectivity index (χ1n) is 9.64. The van der Waals surface area contributed by atoms with Gasteiger partial charge in [-0.3, -0.25) is 0 Å². The Hall–Kier alpha value is -1.90. The van der Waals surface area contributed by atoms with Crippen molar-refractivity contribution in [3.63, 3.8) is 0 Å². The number of unbranched alkanes of at least 4 members (excludes halogenated alkanes) is 4. The van der Waals surface area contributed by atoms with E-state index >= 15 is 0 Å². The van der Waals surface area contributed by atoms with Gasteiger partial charge in [0.1, 0.15) is 0 Å². The fourth-order valence-corrected chi connectivity index (χ4v) is 3.77. The van der Waals surface area contributed by atoms with E-state index in [2.05, 4.69) is 54.6 Å². The third-order valence-electron chi connectivity index (χ3n) is 5.13. The molecule has 1 unspecified atom stereocenters. The topological polar surface area (TPSA) is 52.0 Å². The molecule has 3 rings (SSSR count). The lowest BCUT2D eigenvalue weighted by atomic mass is 9.91. The van der Waals surface area contributed by atoms with Gasteiger partial charge in [0.25, 0.3) is 0 Å². The van der Waals surface area contributed by atoms with E-state index in [0.29, 0.717) is 0 Å². The largest absolute Gasteiger partial charge is 0.330 e. The van der Waals surface area contributed by atoms with Crippen LogP contribution in [0.2, 0.25) is 0 Å². The maximum absolute atomic E-state index is 6.51. The average Bonchev–Trinajstić information content (AvgIpc) is 2.64. The van der Waals surface area contributed by atoms with E-state index in [0.717, 1.165) is 25.8 Å². The fraction of sp³-hybridized carbons (Fsp3) is 0.391. The summed E-state index contributed by atoms with van der Waals surface area (Å²) >= 11 is 0. The van der Waals surface area contributed by atoms with E-state index in [9.17, 15) is 0 Å². The minimum Gasteiger partial charge on any atom is -0.330 e. The zero-order valence-corrected chi connectivity index (χ0v) is 15.1. The zero-order chi connectivity index (χ0) is 17.5. The summed E-state index contributed by atoms with van der Waals surface area (Å²) in [7, 11) is 0. The van der Waals surface area contributed by atoms with E-state index in [1.165, 1.54) is 52.8 Å². The van der Waals surface area contributed by atoms with Gasteiger partial charge < -0.3 is 11.5 Å². The number of fused-ring (bicyclic) bond motifs is 2. The molecule has 0 fully saturated rings. The molecule has 0 aliphatic heterocycles. The van der Waals surface area contributed by atoms with E-state index in [1.807, 2.05) is 0 Å². The van der Waals surface area contributed by atoms with Crippen LogP contribution in [0.25, 0.3) is 21.5 Å². The van der Waals surface area contributed by atoms with Crippen LogP contribution in [0, 0.1) is 0 Å². The van der Waals surface area contributed by atoms with Crippen molar-refractivity contribution in [2.75, 3.05) is 6.54 Å². The predicted molar refractivity (Wildman–Crippen MR) is 110 cm³/mol. The van der Waals surface area contributed by atoms with Crippen molar-refractivity contribution >= 4 is 21.5 Å². The Morgan fingerprint density at radius 2 is 1.28 bits per heavy atom. The Morgan fingerprint density at radius 1 is 0.720 bits per heavy atom. The van der Waals surface area contributed by atoms with Crippen LogP contribution in [0.4, 0.5) is 0 Å². The van der Waals surface area contributed by atoms with E-state index < -0.39 is 0 Å². The second-order valence-electron chi connectivity index (χ2n) is 7.11. The molecule has 3 aromatic rings. The Bertz CT molecular complexity index is 755. The molecule has 0 amide bonds. The molecule has 132 valence electrons. The van der Waals surface area contributed by atoms with Gasteiger partial charge in [0.05, 0.1) is 0 Å². The van der Waals surface area contributed by atoms with Crippen LogP contribution in [0.3, 0.4) is 0 Å². The predicted octanol–water partition coefficient (Wildman–Crippen LogP) is 5.16. The van der Waals surface area contributed by atoms with Crippen molar-refractivity contribution in [1.82, 2.24) is 0 Å². The van der Waals surface area contributed by atoms with Gasteiger partial charge in [-0.05, 0) is 59.0 Å². The molecule has 0 saturated carbocycles. The van der Waals surface area contributed by atoms with Crippen LogP contribution >= 0.6 is 0 Å². The summed E-state index contributed by atoms with van der Waals surface area (Å²) in [4.78, 5) is 0. The standard InChI is InChI=1S/C23H30N2/c24-15-9-3-1-2-4-12-20(25)17-23-21-13-7-5-10-18(21)16-19-11-6-8-14-22(19)23/h5-8,10-11,13-14,16,20H,1-4,9,12,15,17,24-25H2. The second-order valence-corrected chi connectivity index (χ2v) is 7.11. The van der Waals surface area contributed by atoms with E-state index in [1.54, 1.807) is 0 Å². The zero-order valence-electron chi connectivity index (χ0n) is 15.1. The van der Waals surface area contributed by atoms with Gasteiger partial charge >= 0.3 is 0 Å². The number of hydrogen-bond donors (Lipinski definition) is 2. The Morgan fingerprint density at radius 3 is 1.92 bits per heavy atom. The van der Waals surface area contributed by atoms with Crippen molar-refractivity contribution < 1.29 is 0 Å². The van der Waals surface area contributed by atoms with Gasteiger partial charge in [-0.15, -0.1) is 0 Å². The summed E-state index contributed by atoms with van der Waals surface area (Å²) in [5, 5.41) is 5.31. The molecule has 0 bridgehead atoms. The summed E-state index contributed by atoms with van der Waals surface area (Å²) in [6, 6.07) is 19.9. The molecule has 2 nitrogen and oxygen atoms in total. The van der Waals surface area contributed by atoms with Crippen molar-refractivity contribution in [2.45, 2.75) is 51.0 Å². The Balaban J connectivity index is 1.73. The number of benzene rings is 3. The molecular weight excluding hydrogens is 304 g/mol. The van der Waals surface area contributed by atoms with Crippen LogP contribution in [-0.4, -0.2) is 12.6 Å². The molecule has 0 saturated heterocycles. The monoisotopic (exact) mass is 334 g/mol. The van der Waals surface area contributed by atoms with Gasteiger partial charge in [-0.1, -0.05) is 74.2 Å². The summed E-state index contributed by atoms with van der Waals surface area (Å²) in [6.45, 7) is 0.813. The number of hydrogen-bond acceptors (Lipinski definition) is 2. The number of nitrogens with two attached hydrogens (primary N) is 2. The Kier molecular flexibility index (Phi) is 6.43. The van der Waals surface area contributed by atoms with Gasteiger partial charge in [-0.2, -0.15) is 0 Å². The van der Waals surface area contributed by atoms with Crippen molar-refractivity contribution in [3.05, 3.63) is 60.2 Å². The smallest absolute Gasteiger partial charge is 0.00797 e. The molecule has 0 heterocycles. The lowest BCUT2D eigenvalue weighted by Gasteiger charge is -2.16. The quantitative estimate of drug-likeness (QED) is 0.419. The number of rotatable bonds is 9. The highest BCUT2D eigenvalue weighted by Gasteiger charge is 2.11. The molecular formula is C23H30N2. The lowest BCUT2D eigenvalue weighted by Crippen LogP contribution is -2.23. The second kappa shape index (κ2) is 8.98. The fourth-order valence-electron chi connectivity index (χ4n) is 3.77.